The van der Waals surface area contributed by atoms with Crippen LogP contribution in [0.15, 0.2) is 30.3 Å². The van der Waals surface area contributed by atoms with E-state index in [0.717, 1.165) is 12.8 Å². The van der Waals surface area contributed by atoms with E-state index in [0.29, 0.717) is 16.5 Å². The highest BCUT2D eigenvalue weighted by Crippen LogP contribution is 2.49. The largest absolute Gasteiger partial charge is 0.369 e. The maximum Gasteiger partial charge on any atom is 0.136 e. The average molecular weight is 309 g/mol. The predicted octanol–water partition coefficient (Wildman–Crippen LogP) is 3.51. The minimum Gasteiger partial charge on any atom is -0.369 e. The summed E-state index contributed by atoms with van der Waals surface area (Å²) in [6, 6.07) is 10.2. The van der Waals surface area contributed by atoms with Crippen molar-refractivity contribution in [2.45, 2.75) is 36.8 Å². The lowest BCUT2D eigenvalue weighted by atomic mass is 9.75. The van der Waals surface area contributed by atoms with Crippen molar-refractivity contribution in [3.05, 3.63) is 35.9 Å². The number of alkyl halides is 1. The Morgan fingerprint density at radius 3 is 2.67 bits per heavy atom. The molecule has 0 spiro atoms. The van der Waals surface area contributed by atoms with Gasteiger partial charge >= 0.3 is 0 Å². The monoisotopic (exact) mass is 308 g/mol. The van der Waals surface area contributed by atoms with E-state index in [1.165, 1.54) is 5.56 Å². The van der Waals surface area contributed by atoms with E-state index >= 15 is 0 Å². The highest BCUT2D eigenvalue weighted by atomic mass is 79.9. The van der Waals surface area contributed by atoms with Gasteiger partial charge in [0.1, 0.15) is 5.78 Å². The van der Waals surface area contributed by atoms with Crippen LogP contribution in [0.4, 0.5) is 0 Å². The first-order valence-electron chi connectivity index (χ1n) is 6.54. The number of benzene rings is 1. The molecule has 0 saturated heterocycles. The van der Waals surface area contributed by atoms with Gasteiger partial charge < -0.3 is 4.74 Å². The Bertz CT molecular complexity index is 445. The Balaban J connectivity index is 1.65. The number of rotatable bonds is 3. The molecule has 0 amide bonds. The van der Waals surface area contributed by atoms with Crippen molar-refractivity contribution in [2.75, 3.05) is 0 Å². The normalized spacial score (nSPS) is 36.0. The number of ketones is 1. The van der Waals surface area contributed by atoms with Crippen molar-refractivity contribution >= 4 is 21.7 Å². The Labute approximate surface area is 116 Å². The van der Waals surface area contributed by atoms with E-state index in [4.69, 9.17) is 4.74 Å². The van der Waals surface area contributed by atoms with Gasteiger partial charge in [-0.15, -0.1) is 0 Å². The number of Topliss-reactive ketones (excluding diaryl/α,β-unsaturated/α-hetero) is 1. The summed E-state index contributed by atoms with van der Waals surface area (Å²) in [5.74, 6) is 1.18. The van der Waals surface area contributed by atoms with E-state index in [-0.39, 0.29) is 18.1 Å². The summed E-state index contributed by atoms with van der Waals surface area (Å²) >= 11 is 3.71. The number of carbonyl (C=O) groups is 1. The summed E-state index contributed by atoms with van der Waals surface area (Å²) < 4.78 is 6.14. The molecule has 0 aromatic heterocycles. The topological polar surface area (TPSA) is 26.3 Å². The molecule has 2 aliphatic rings. The van der Waals surface area contributed by atoms with E-state index < -0.39 is 0 Å². The number of halogens is 1. The molecule has 2 nitrogen and oxygen atoms in total. The van der Waals surface area contributed by atoms with E-state index in [2.05, 4.69) is 35.0 Å². The molecule has 2 fully saturated rings. The lowest BCUT2D eigenvalue weighted by Crippen LogP contribution is -2.36. The molecular formula is C15H17BrO2. The zero-order chi connectivity index (χ0) is 12.7. The molecular weight excluding hydrogens is 292 g/mol. The van der Waals surface area contributed by atoms with Crippen LogP contribution in [0.3, 0.4) is 0 Å². The van der Waals surface area contributed by atoms with Crippen molar-refractivity contribution in [3.8, 4) is 0 Å². The zero-order valence-electron chi connectivity index (χ0n) is 10.4. The van der Waals surface area contributed by atoms with Gasteiger partial charge in [0.15, 0.2) is 0 Å². The van der Waals surface area contributed by atoms with Crippen molar-refractivity contribution in [2.24, 2.45) is 11.8 Å². The van der Waals surface area contributed by atoms with Crippen LogP contribution in [-0.2, 0) is 9.53 Å². The van der Waals surface area contributed by atoms with Crippen LogP contribution >= 0.6 is 15.9 Å². The molecule has 2 saturated carbocycles. The Morgan fingerprint density at radius 2 is 2.06 bits per heavy atom. The van der Waals surface area contributed by atoms with Gasteiger partial charge in [0.05, 0.1) is 12.2 Å². The lowest BCUT2D eigenvalue weighted by molar-refractivity contribution is -0.132. The molecule has 96 valence electrons. The zero-order valence-corrected chi connectivity index (χ0v) is 12.0. The predicted molar refractivity (Wildman–Crippen MR) is 73.7 cm³/mol. The minimum atomic E-state index is 0.0869. The summed E-state index contributed by atoms with van der Waals surface area (Å²) in [6.07, 6.45) is 1.88. The lowest BCUT2D eigenvalue weighted by Gasteiger charge is -2.30. The fourth-order valence-corrected chi connectivity index (χ4v) is 3.99. The van der Waals surface area contributed by atoms with Gasteiger partial charge in [-0.25, -0.2) is 0 Å². The van der Waals surface area contributed by atoms with E-state index in [1.807, 2.05) is 18.2 Å². The molecule has 3 heteroatoms. The fraction of sp³-hybridized carbons (Fsp3) is 0.533. The molecule has 1 aromatic rings. The van der Waals surface area contributed by atoms with Crippen molar-refractivity contribution in [3.63, 3.8) is 0 Å². The molecule has 2 aliphatic carbocycles. The second-order valence-corrected chi connectivity index (χ2v) is 6.41. The van der Waals surface area contributed by atoms with Gasteiger partial charge in [-0.1, -0.05) is 46.3 Å². The number of carbonyl (C=O) groups excluding carboxylic acids is 1. The number of fused-ring (bicyclic) bond motifs is 1. The summed E-state index contributed by atoms with van der Waals surface area (Å²) in [4.78, 5) is 11.8. The third-order valence-corrected chi connectivity index (χ3v) is 5.53. The molecule has 0 bridgehead atoms. The molecule has 5 atom stereocenters. The van der Waals surface area contributed by atoms with Gasteiger partial charge in [0, 0.05) is 17.2 Å². The number of hydrogen-bond donors (Lipinski definition) is 0. The molecule has 0 aliphatic heterocycles. The molecule has 18 heavy (non-hydrogen) atoms. The highest BCUT2D eigenvalue weighted by molar-refractivity contribution is 9.09. The number of ether oxygens (including phenoxy) is 1. The summed E-state index contributed by atoms with van der Waals surface area (Å²) in [6.45, 7) is 2.08. The Hall–Kier alpha value is -0.670. The standard InChI is InChI=1S/C15H17BrO2/c1-9(10-5-3-2-4-6-10)18-14-8-11-12(15(14)16)7-13(11)17/h2-6,9,11-12,14-15H,7-8H2,1H3. The summed E-state index contributed by atoms with van der Waals surface area (Å²) in [5, 5.41) is 0. The molecule has 0 radical (unpaired) electrons. The van der Waals surface area contributed by atoms with Gasteiger partial charge in [-0.3, -0.25) is 4.79 Å². The van der Waals surface area contributed by atoms with Crippen molar-refractivity contribution < 1.29 is 9.53 Å². The first kappa shape index (κ1) is 12.4. The van der Waals surface area contributed by atoms with Crippen LogP contribution in [0.2, 0.25) is 0 Å². The van der Waals surface area contributed by atoms with E-state index in [9.17, 15) is 4.79 Å². The molecule has 3 rings (SSSR count). The first-order chi connectivity index (χ1) is 8.66. The SMILES string of the molecule is CC(OC1CC2C(=O)CC2C1Br)c1ccccc1. The maximum absolute atomic E-state index is 11.5. The maximum atomic E-state index is 11.5. The molecule has 0 N–H and O–H groups in total. The van der Waals surface area contributed by atoms with Crippen LogP contribution in [-0.4, -0.2) is 16.7 Å². The Morgan fingerprint density at radius 1 is 1.33 bits per heavy atom. The second kappa shape index (κ2) is 4.78. The number of hydrogen-bond acceptors (Lipinski definition) is 2. The van der Waals surface area contributed by atoms with Crippen LogP contribution in [0.1, 0.15) is 31.4 Å². The van der Waals surface area contributed by atoms with Crippen molar-refractivity contribution in [1.29, 1.82) is 0 Å². The van der Waals surface area contributed by atoms with E-state index in [1.54, 1.807) is 0 Å². The molecule has 1 aromatic carbocycles. The van der Waals surface area contributed by atoms with Crippen molar-refractivity contribution in [1.82, 2.24) is 0 Å². The van der Waals surface area contributed by atoms with Gasteiger partial charge in [0.25, 0.3) is 0 Å². The third kappa shape index (κ3) is 2.04. The highest BCUT2D eigenvalue weighted by Gasteiger charge is 2.53. The summed E-state index contributed by atoms with van der Waals surface area (Å²) in [7, 11) is 0. The first-order valence-corrected chi connectivity index (χ1v) is 7.45. The smallest absolute Gasteiger partial charge is 0.136 e. The van der Waals surface area contributed by atoms with Gasteiger partial charge in [0.2, 0.25) is 0 Å². The van der Waals surface area contributed by atoms with Crippen LogP contribution in [0.25, 0.3) is 0 Å². The van der Waals surface area contributed by atoms with Gasteiger partial charge in [-0.05, 0) is 24.8 Å². The van der Waals surface area contributed by atoms with Crippen LogP contribution in [0, 0.1) is 11.8 Å². The minimum absolute atomic E-state index is 0.0869. The quantitative estimate of drug-likeness (QED) is 0.799. The fourth-order valence-electron chi connectivity index (χ4n) is 3.10. The Kier molecular flexibility index (Phi) is 3.29. The van der Waals surface area contributed by atoms with Crippen LogP contribution in [0.5, 0.6) is 0 Å². The summed E-state index contributed by atoms with van der Waals surface area (Å²) in [5.41, 5.74) is 1.20. The molecule has 5 unspecified atom stereocenters. The van der Waals surface area contributed by atoms with Gasteiger partial charge in [-0.2, -0.15) is 0 Å². The second-order valence-electron chi connectivity index (χ2n) is 5.35. The average Bonchev–Trinajstić information content (AvgIpc) is 2.63. The van der Waals surface area contributed by atoms with Crippen LogP contribution < -0.4 is 0 Å². The molecule has 0 heterocycles. The third-order valence-electron chi connectivity index (χ3n) is 4.27.